The van der Waals surface area contributed by atoms with Crippen LogP contribution in [0.1, 0.15) is 25.3 Å². The summed E-state index contributed by atoms with van der Waals surface area (Å²) in [5.41, 5.74) is 1.85. The molecule has 1 aliphatic heterocycles. The lowest BCUT2D eigenvalue weighted by Gasteiger charge is -2.30. The topological polar surface area (TPSA) is 84.6 Å². The maximum Gasteiger partial charge on any atom is 0.279 e. The van der Waals surface area contributed by atoms with Gasteiger partial charge < -0.3 is 14.6 Å². The van der Waals surface area contributed by atoms with Crippen molar-refractivity contribution in [3.05, 3.63) is 70.6 Å². The van der Waals surface area contributed by atoms with Gasteiger partial charge in [-0.05, 0) is 62.0 Å². The second-order valence-electron chi connectivity index (χ2n) is 9.42. The zero-order chi connectivity index (χ0) is 22.9. The van der Waals surface area contributed by atoms with Crippen LogP contribution < -0.4 is 5.56 Å². The number of hydrogen-bond donors (Lipinski definition) is 2. The van der Waals surface area contributed by atoms with Gasteiger partial charge >= 0.3 is 0 Å². The predicted molar refractivity (Wildman–Crippen MR) is 129 cm³/mol. The van der Waals surface area contributed by atoms with Gasteiger partial charge in [0.25, 0.3) is 5.56 Å². The summed E-state index contributed by atoms with van der Waals surface area (Å²) in [5.74, 6) is 0.242. The quantitative estimate of drug-likeness (QED) is 0.534. The molecule has 1 fully saturated rings. The number of fused-ring (bicyclic) bond motifs is 1. The fourth-order valence-electron chi connectivity index (χ4n) is 5.23. The van der Waals surface area contributed by atoms with Crippen molar-refractivity contribution >= 4 is 19.1 Å². The number of aliphatic hydroxyl groups excluding tert-OH is 1. The number of aliphatic hydroxyl groups is 1. The molecule has 0 unspecified atom stereocenters. The second kappa shape index (κ2) is 9.27. The van der Waals surface area contributed by atoms with Crippen LogP contribution in [0.4, 0.5) is 0 Å². The Kier molecular flexibility index (Phi) is 6.62. The van der Waals surface area contributed by atoms with E-state index in [-0.39, 0.29) is 35.8 Å². The van der Waals surface area contributed by atoms with E-state index < -0.39 is 8.32 Å². The van der Waals surface area contributed by atoms with Crippen LogP contribution >= 0.6 is 0 Å². The van der Waals surface area contributed by atoms with Crippen LogP contribution in [0.5, 0.6) is 0 Å². The summed E-state index contributed by atoms with van der Waals surface area (Å²) in [7, 11) is -2.40. The van der Waals surface area contributed by atoms with E-state index in [4.69, 9.17) is 4.74 Å². The summed E-state index contributed by atoms with van der Waals surface area (Å²) in [6.07, 6.45) is 3.87. The molecule has 32 heavy (non-hydrogen) atoms. The van der Waals surface area contributed by atoms with Crippen LogP contribution in [-0.2, 0) is 11.2 Å². The highest BCUT2D eigenvalue weighted by Crippen LogP contribution is 2.45. The monoisotopic (exact) mass is 452 g/mol. The molecule has 1 aliphatic rings. The number of ether oxygens (including phenoxy) is 1. The first-order chi connectivity index (χ1) is 15.3. The van der Waals surface area contributed by atoms with Crippen LogP contribution in [0.25, 0.3) is 16.5 Å². The molecule has 170 valence electrons. The van der Waals surface area contributed by atoms with Crippen LogP contribution in [0.15, 0.2) is 59.5 Å². The zero-order valence-corrected chi connectivity index (χ0v) is 19.9. The van der Waals surface area contributed by atoms with Gasteiger partial charge in [-0.3, -0.25) is 4.79 Å². The van der Waals surface area contributed by atoms with Crippen molar-refractivity contribution < 1.29 is 14.6 Å². The molecule has 4 atom stereocenters. The summed E-state index contributed by atoms with van der Waals surface area (Å²) in [4.78, 5) is 23.7. The van der Waals surface area contributed by atoms with Crippen molar-refractivity contribution in [1.29, 1.82) is 0 Å². The minimum atomic E-state index is -2.40. The smallest absolute Gasteiger partial charge is 0.279 e. The van der Waals surface area contributed by atoms with E-state index in [9.17, 15) is 14.7 Å². The average Bonchev–Trinajstić information content (AvgIpc) is 3.08. The number of benzene rings is 2. The molecule has 1 saturated heterocycles. The molecule has 7 heteroatoms. The van der Waals surface area contributed by atoms with Crippen molar-refractivity contribution in [3.8, 4) is 5.69 Å². The molecule has 0 radical (unpaired) electrons. The van der Waals surface area contributed by atoms with Gasteiger partial charge in [-0.15, -0.1) is 0 Å². The van der Waals surface area contributed by atoms with Crippen molar-refractivity contribution in [2.24, 2.45) is 5.92 Å². The molecular formula is C25H32N2O4Si. The minimum Gasteiger partial charge on any atom is -0.432 e. The largest absolute Gasteiger partial charge is 0.432 e. The molecule has 0 bridgehead atoms. The van der Waals surface area contributed by atoms with Crippen LogP contribution in [0.3, 0.4) is 0 Å². The van der Waals surface area contributed by atoms with Gasteiger partial charge in [0.05, 0.1) is 29.5 Å². The third kappa shape index (κ3) is 4.57. The van der Waals surface area contributed by atoms with Gasteiger partial charge in [-0.2, -0.15) is 9.78 Å². The number of hydrogen-bond acceptors (Lipinski definition) is 5. The first-order valence-corrected chi connectivity index (χ1v) is 14.4. The summed E-state index contributed by atoms with van der Waals surface area (Å²) in [6, 6.07) is 15.4. The van der Waals surface area contributed by atoms with Crippen LogP contribution in [-0.4, -0.2) is 46.8 Å². The molecule has 2 heterocycles. The van der Waals surface area contributed by atoms with Gasteiger partial charge in [0.1, 0.15) is 0 Å². The zero-order valence-electron chi connectivity index (χ0n) is 18.9. The van der Waals surface area contributed by atoms with Gasteiger partial charge in [0.2, 0.25) is 0 Å². The van der Waals surface area contributed by atoms with E-state index >= 15 is 0 Å². The van der Waals surface area contributed by atoms with Gasteiger partial charge in [0, 0.05) is 17.5 Å². The Morgan fingerprint density at radius 2 is 1.88 bits per heavy atom. The van der Waals surface area contributed by atoms with E-state index in [0.29, 0.717) is 11.8 Å². The lowest BCUT2D eigenvalue weighted by atomic mass is 9.95. The SMILES string of the molecule is C[C@H]1[C@H]([Si](C)(C)O)[C@@H](CCO)O[C@H]1CCc1cccc(-n2ncc3ccccc3c2=O)c1. The highest BCUT2D eigenvalue weighted by atomic mass is 28.4. The third-order valence-corrected chi connectivity index (χ3v) is 9.23. The molecule has 1 aromatic heterocycles. The minimum absolute atomic E-state index is 0.0423. The lowest BCUT2D eigenvalue weighted by molar-refractivity contribution is 0.0192. The predicted octanol–water partition coefficient (Wildman–Crippen LogP) is 3.67. The number of aromatic nitrogens is 2. The Bertz CT molecular complexity index is 1140. The molecule has 0 amide bonds. The molecule has 2 N–H and O–H groups in total. The first-order valence-electron chi connectivity index (χ1n) is 11.3. The Morgan fingerprint density at radius 1 is 1.09 bits per heavy atom. The molecule has 0 saturated carbocycles. The maximum atomic E-state index is 12.9. The number of rotatable bonds is 7. The van der Waals surface area contributed by atoms with Gasteiger partial charge in [-0.1, -0.05) is 37.3 Å². The molecular weight excluding hydrogens is 420 g/mol. The third-order valence-electron chi connectivity index (χ3n) is 6.70. The average molecular weight is 453 g/mol. The van der Waals surface area contributed by atoms with E-state index in [2.05, 4.69) is 18.1 Å². The van der Waals surface area contributed by atoms with Crippen molar-refractivity contribution in [3.63, 3.8) is 0 Å². The van der Waals surface area contributed by atoms with Crippen molar-refractivity contribution in [2.75, 3.05) is 6.61 Å². The summed E-state index contributed by atoms with van der Waals surface area (Å²) < 4.78 is 7.76. The van der Waals surface area contributed by atoms with E-state index in [1.165, 1.54) is 4.68 Å². The standard InChI is InChI=1S/C25H32N2O4Si/c1-17-22(31-23(13-14-28)24(17)32(2,3)30)12-11-18-7-6-9-20(15-18)27-25(29)21-10-5-4-8-19(21)16-26-27/h4-10,15-17,22-24,28,30H,11-14H2,1-3H3/t17-,22+,23-,24+/m1/s1. The van der Waals surface area contributed by atoms with Gasteiger partial charge in [0.15, 0.2) is 8.32 Å². The van der Waals surface area contributed by atoms with E-state index in [1.54, 1.807) is 6.20 Å². The highest BCUT2D eigenvalue weighted by molar-refractivity contribution is 6.71. The van der Waals surface area contributed by atoms with E-state index in [1.807, 2.05) is 55.6 Å². The number of aryl methyl sites for hydroxylation is 1. The molecule has 4 rings (SSSR count). The number of nitrogens with zero attached hydrogens (tertiary/aromatic N) is 2. The molecule has 6 nitrogen and oxygen atoms in total. The highest BCUT2D eigenvalue weighted by Gasteiger charge is 2.49. The normalized spacial score (nSPS) is 23.7. The Balaban J connectivity index is 1.52. The Morgan fingerprint density at radius 3 is 2.62 bits per heavy atom. The fraction of sp³-hybridized carbons (Fsp3) is 0.440. The molecule has 0 spiro atoms. The summed E-state index contributed by atoms with van der Waals surface area (Å²) in [5, 5.41) is 15.3. The van der Waals surface area contributed by atoms with Crippen molar-refractivity contribution in [2.45, 2.75) is 57.0 Å². The summed E-state index contributed by atoms with van der Waals surface area (Å²) >= 11 is 0. The lowest BCUT2D eigenvalue weighted by Crippen LogP contribution is -2.40. The maximum absolute atomic E-state index is 12.9. The molecule has 2 aromatic carbocycles. The molecule has 0 aliphatic carbocycles. The molecule has 3 aromatic rings. The first kappa shape index (κ1) is 22.9. The van der Waals surface area contributed by atoms with E-state index in [0.717, 1.165) is 29.5 Å². The van der Waals surface area contributed by atoms with Crippen LogP contribution in [0, 0.1) is 5.92 Å². The van der Waals surface area contributed by atoms with Crippen molar-refractivity contribution in [1.82, 2.24) is 9.78 Å². The van der Waals surface area contributed by atoms with Crippen LogP contribution in [0.2, 0.25) is 18.6 Å². The second-order valence-corrected chi connectivity index (χ2v) is 13.4. The Labute approximate surface area is 189 Å². The fourth-order valence-corrected chi connectivity index (χ4v) is 7.89. The van der Waals surface area contributed by atoms with Gasteiger partial charge in [-0.25, -0.2) is 0 Å². The Hall–Kier alpha value is -2.32. The summed E-state index contributed by atoms with van der Waals surface area (Å²) in [6.45, 7) is 6.15.